The summed E-state index contributed by atoms with van der Waals surface area (Å²) in [4.78, 5) is 0. The van der Waals surface area contributed by atoms with Gasteiger partial charge < -0.3 is 13.7 Å². The second kappa shape index (κ2) is 8.36. The van der Waals surface area contributed by atoms with Gasteiger partial charge >= 0.3 is 0 Å². The van der Waals surface area contributed by atoms with E-state index >= 15 is 0 Å². The van der Waals surface area contributed by atoms with Crippen LogP contribution < -0.4 is 0 Å². The first-order valence-electron chi connectivity index (χ1n) is 14.3. The van der Waals surface area contributed by atoms with Gasteiger partial charge in [0.2, 0.25) is 0 Å². The molecule has 9 rings (SSSR count). The van der Waals surface area contributed by atoms with Crippen molar-refractivity contribution >= 4 is 65.4 Å². The summed E-state index contributed by atoms with van der Waals surface area (Å²) >= 11 is 0. The molecule has 0 atom stereocenters. The predicted octanol–water partition coefficient (Wildman–Crippen LogP) is 10.0. The number of hydrogen-bond acceptors (Lipinski definition) is 0. The van der Waals surface area contributed by atoms with Gasteiger partial charge in [-0.1, -0.05) is 72.8 Å². The van der Waals surface area contributed by atoms with Crippen LogP contribution in [0.4, 0.5) is 0 Å². The van der Waals surface area contributed by atoms with Gasteiger partial charge in [0, 0.05) is 61.3 Å². The Bertz CT molecular complexity index is 2190. The summed E-state index contributed by atoms with van der Waals surface area (Å²) < 4.78 is 7.27. The van der Waals surface area contributed by atoms with Crippen LogP contribution in [0.3, 0.4) is 0 Å². The van der Waals surface area contributed by atoms with Crippen LogP contribution in [0.2, 0.25) is 0 Å². The summed E-state index contributed by atoms with van der Waals surface area (Å²) in [6.07, 6.45) is 0. The van der Waals surface area contributed by atoms with E-state index in [2.05, 4.69) is 154 Å². The molecule has 194 valence electrons. The number of aromatic nitrogens is 3. The topological polar surface area (TPSA) is 14.8 Å². The minimum absolute atomic E-state index is 0.920. The van der Waals surface area contributed by atoms with Crippen LogP contribution in [0.5, 0.6) is 0 Å². The van der Waals surface area contributed by atoms with Gasteiger partial charge in [-0.3, -0.25) is 0 Å². The average Bonchev–Trinajstić information content (AvgIpc) is 3.66. The lowest BCUT2D eigenvalue weighted by atomic mass is 10.1. The van der Waals surface area contributed by atoms with Gasteiger partial charge in [-0.15, -0.1) is 0 Å². The normalized spacial score (nSPS) is 12.1. The van der Waals surface area contributed by atoms with E-state index in [9.17, 15) is 0 Å². The van der Waals surface area contributed by atoms with Gasteiger partial charge in [0.05, 0.1) is 22.1 Å². The number of hydrogen-bond donors (Lipinski definition) is 0. The Balaban J connectivity index is 1.35. The highest BCUT2D eigenvalue weighted by Gasteiger charge is 2.17. The van der Waals surface area contributed by atoms with Gasteiger partial charge in [-0.05, 0) is 67.6 Å². The van der Waals surface area contributed by atoms with Crippen LogP contribution in [0.1, 0.15) is 6.92 Å². The summed E-state index contributed by atoms with van der Waals surface area (Å²) in [5, 5.41) is 7.70. The molecule has 0 N–H and O–H groups in total. The third-order valence-electron chi connectivity index (χ3n) is 8.82. The standard InChI is InChI=1S/C38H27N3/c1-2-39-33-21-19-25(40-35-15-7-3-11-27(35)28-12-4-8-16-36(28)40)23-31(33)32-24-26(20-22-34(32)39)41-37-17-9-5-13-29(37)30-14-6-10-18-38(30)41/h3-24H,2H2,1H3. The Hall–Kier alpha value is -5.28. The number of rotatable bonds is 3. The Kier molecular flexibility index (Phi) is 4.59. The highest BCUT2D eigenvalue weighted by Crippen LogP contribution is 2.38. The molecule has 0 saturated carbocycles. The summed E-state index contributed by atoms with van der Waals surface area (Å²) in [6.45, 7) is 3.16. The molecule has 0 radical (unpaired) electrons. The fourth-order valence-electron chi connectivity index (χ4n) is 7.10. The van der Waals surface area contributed by atoms with Crippen molar-refractivity contribution in [1.82, 2.24) is 13.7 Å². The number of fused-ring (bicyclic) bond motifs is 9. The number of aryl methyl sites for hydroxylation is 1. The van der Waals surface area contributed by atoms with Crippen molar-refractivity contribution in [1.29, 1.82) is 0 Å². The second-order valence-electron chi connectivity index (χ2n) is 10.9. The van der Waals surface area contributed by atoms with Crippen LogP contribution in [-0.4, -0.2) is 13.7 Å². The average molecular weight is 526 g/mol. The van der Waals surface area contributed by atoms with Crippen molar-refractivity contribution in [3.05, 3.63) is 133 Å². The molecular formula is C38H27N3. The molecule has 3 heteroatoms. The molecule has 0 fully saturated rings. The summed E-state index contributed by atoms with van der Waals surface area (Å²) in [6, 6.07) is 48.9. The van der Waals surface area contributed by atoms with E-state index in [-0.39, 0.29) is 0 Å². The zero-order chi connectivity index (χ0) is 27.1. The van der Waals surface area contributed by atoms with Crippen LogP contribution >= 0.6 is 0 Å². The number of benzene rings is 6. The fourth-order valence-corrected chi connectivity index (χ4v) is 7.10. The largest absolute Gasteiger partial charge is 0.341 e. The predicted molar refractivity (Wildman–Crippen MR) is 174 cm³/mol. The van der Waals surface area contributed by atoms with E-state index in [0.29, 0.717) is 0 Å². The maximum absolute atomic E-state index is 2.44. The molecule has 0 aliphatic rings. The van der Waals surface area contributed by atoms with Gasteiger partial charge in [-0.25, -0.2) is 0 Å². The van der Waals surface area contributed by atoms with Crippen molar-refractivity contribution in [2.45, 2.75) is 13.5 Å². The molecule has 3 heterocycles. The molecule has 0 spiro atoms. The molecule has 3 nitrogen and oxygen atoms in total. The highest BCUT2D eigenvalue weighted by atomic mass is 15.0. The second-order valence-corrected chi connectivity index (χ2v) is 10.9. The Morgan fingerprint density at radius 3 is 1.05 bits per heavy atom. The van der Waals surface area contributed by atoms with E-state index in [1.165, 1.54) is 76.8 Å². The van der Waals surface area contributed by atoms with E-state index in [1.54, 1.807) is 0 Å². The lowest BCUT2D eigenvalue weighted by molar-refractivity contribution is 0.827. The summed E-state index contributed by atoms with van der Waals surface area (Å²) in [7, 11) is 0. The zero-order valence-electron chi connectivity index (χ0n) is 22.8. The number of para-hydroxylation sites is 4. The molecule has 6 aromatic carbocycles. The smallest absolute Gasteiger partial charge is 0.0541 e. The van der Waals surface area contributed by atoms with Crippen molar-refractivity contribution < 1.29 is 0 Å². The quantitative estimate of drug-likeness (QED) is 0.218. The molecule has 0 aliphatic heterocycles. The molecular weight excluding hydrogens is 498 g/mol. The molecule has 0 unspecified atom stereocenters. The molecule has 0 amide bonds. The van der Waals surface area contributed by atoms with E-state index in [1.807, 2.05) is 0 Å². The van der Waals surface area contributed by atoms with Gasteiger partial charge in [0.25, 0.3) is 0 Å². The first-order chi connectivity index (χ1) is 20.3. The Labute approximate surface area is 237 Å². The molecule has 9 aromatic rings. The Morgan fingerprint density at radius 1 is 0.366 bits per heavy atom. The number of nitrogens with zero attached hydrogens (tertiary/aromatic N) is 3. The van der Waals surface area contributed by atoms with Gasteiger partial charge in [0.15, 0.2) is 0 Å². The zero-order valence-corrected chi connectivity index (χ0v) is 22.8. The van der Waals surface area contributed by atoms with Gasteiger partial charge in [0.1, 0.15) is 0 Å². The SMILES string of the molecule is CCn1c2ccc(-n3c4ccccc4c4ccccc43)cc2c2cc(-n3c4ccccc4c4ccccc43)ccc21. The highest BCUT2D eigenvalue weighted by molar-refractivity contribution is 6.13. The van der Waals surface area contributed by atoms with Crippen molar-refractivity contribution in [2.24, 2.45) is 0 Å². The van der Waals surface area contributed by atoms with Crippen molar-refractivity contribution in [3.63, 3.8) is 0 Å². The minimum Gasteiger partial charge on any atom is -0.341 e. The third kappa shape index (κ3) is 3.03. The summed E-state index contributed by atoms with van der Waals surface area (Å²) in [5.41, 5.74) is 9.85. The maximum atomic E-state index is 2.44. The molecule has 41 heavy (non-hydrogen) atoms. The van der Waals surface area contributed by atoms with Crippen molar-refractivity contribution in [3.8, 4) is 11.4 Å². The van der Waals surface area contributed by atoms with E-state index in [0.717, 1.165) is 6.54 Å². The van der Waals surface area contributed by atoms with E-state index in [4.69, 9.17) is 0 Å². The van der Waals surface area contributed by atoms with E-state index < -0.39 is 0 Å². The molecule has 0 aliphatic carbocycles. The lowest BCUT2D eigenvalue weighted by Crippen LogP contribution is -1.96. The summed E-state index contributed by atoms with van der Waals surface area (Å²) in [5.74, 6) is 0. The third-order valence-corrected chi connectivity index (χ3v) is 8.82. The Morgan fingerprint density at radius 2 is 0.707 bits per heavy atom. The first-order valence-corrected chi connectivity index (χ1v) is 14.3. The van der Waals surface area contributed by atoms with Crippen LogP contribution in [0.15, 0.2) is 133 Å². The molecule has 0 bridgehead atoms. The fraction of sp³-hybridized carbons (Fsp3) is 0.0526. The van der Waals surface area contributed by atoms with Crippen molar-refractivity contribution in [2.75, 3.05) is 0 Å². The van der Waals surface area contributed by atoms with Crippen LogP contribution in [0, 0.1) is 0 Å². The van der Waals surface area contributed by atoms with Gasteiger partial charge in [-0.2, -0.15) is 0 Å². The van der Waals surface area contributed by atoms with Crippen LogP contribution in [0.25, 0.3) is 76.8 Å². The van der Waals surface area contributed by atoms with Crippen LogP contribution in [-0.2, 0) is 6.54 Å². The molecule has 0 saturated heterocycles. The minimum atomic E-state index is 0.920. The first kappa shape index (κ1) is 22.5. The monoisotopic (exact) mass is 525 g/mol. The maximum Gasteiger partial charge on any atom is 0.0541 e. The molecule has 3 aromatic heterocycles. The lowest BCUT2D eigenvalue weighted by Gasteiger charge is -2.09.